The summed E-state index contributed by atoms with van der Waals surface area (Å²) in [6.45, 7) is 1.94. The van der Waals surface area contributed by atoms with Gasteiger partial charge in [0.05, 0.1) is 6.61 Å². The molecule has 0 saturated heterocycles. The highest BCUT2D eigenvalue weighted by Crippen LogP contribution is 2.35. The number of hydrogen-bond acceptors (Lipinski definition) is 5. The Labute approximate surface area is 114 Å². The minimum absolute atomic E-state index is 0.0328. The van der Waals surface area contributed by atoms with E-state index in [1.807, 2.05) is 0 Å². The second kappa shape index (κ2) is 7.21. The number of rotatable bonds is 7. The van der Waals surface area contributed by atoms with E-state index in [1.165, 1.54) is 0 Å². The number of aliphatic hydroxyl groups excluding tert-OH is 1. The molecule has 0 aromatic carbocycles. The van der Waals surface area contributed by atoms with Gasteiger partial charge in [-0.1, -0.05) is 19.3 Å². The summed E-state index contributed by atoms with van der Waals surface area (Å²) in [5.41, 5.74) is -0.375. The van der Waals surface area contributed by atoms with Crippen LogP contribution in [0.1, 0.15) is 39.0 Å². The number of ether oxygens (including phenoxy) is 1. The lowest BCUT2D eigenvalue weighted by molar-refractivity contribution is -0.139. The summed E-state index contributed by atoms with van der Waals surface area (Å²) in [4.78, 5) is 11.2. The van der Waals surface area contributed by atoms with Gasteiger partial charge in [-0.15, -0.1) is 0 Å². The molecule has 112 valence electrons. The van der Waals surface area contributed by atoms with Crippen LogP contribution < -0.4 is 4.72 Å². The van der Waals surface area contributed by atoms with Gasteiger partial charge in [0.1, 0.15) is 0 Å². The van der Waals surface area contributed by atoms with Gasteiger partial charge in [0, 0.05) is 18.6 Å². The lowest BCUT2D eigenvalue weighted by Crippen LogP contribution is -2.43. The lowest BCUT2D eigenvalue weighted by Gasteiger charge is -2.35. The molecule has 1 saturated carbocycles. The Bertz CT molecular complexity index is 387. The van der Waals surface area contributed by atoms with E-state index >= 15 is 0 Å². The van der Waals surface area contributed by atoms with Gasteiger partial charge in [-0.3, -0.25) is 4.79 Å². The highest BCUT2D eigenvalue weighted by atomic mass is 32.2. The average molecular weight is 293 g/mol. The van der Waals surface area contributed by atoms with Crippen molar-refractivity contribution in [2.75, 3.05) is 25.5 Å². The first-order valence-electron chi connectivity index (χ1n) is 6.67. The van der Waals surface area contributed by atoms with Gasteiger partial charge >= 0.3 is 5.97 Å². The van der Waals surface area contributed by atoms with Crippen LogP contribution in [0.2, 0.25) is 0 Å². The van der Waals surface area contributed by atoms with Gasteiger partial charge < -0.3 is 9.84 Å². The average Bonchev–Trinajstić information content (AvgIpc) is 2.37. The van der Waals surface area contributed by atoms with Crippen molar-refractivity contribution < 1.29 is 23.1 Å². The van der Waals surface area contributed by atoms with Crippen LogP contribution in [0.5, 0.6) is 0 Å². The van der Waals surface area contributed by atoms with Crippen LogP contribution in [0.3, 0.4) is 0 Å². The third kappa shape index (κ3) is 5.46. The van der Waals surface area contributed by atoms with E-state index in [-0.39, 0.29) is 25.2 Å². The third-order valence-electron chi connectivity index (χ3n) is 3.53. The monoisotopic (exact) mass is 293 g/mol. The highest BCUT2D eigenvalue weighted by molar-refractivity contribution is 7.90. The van der Waals surface area contributed by atoms with Crippen LogP contribution in [0, 0.1) is 5.41 Å². The van der Waals surface area contributed by atoms with Crippen molar-refractivity contribution in [3.05, 3.63) is 0 Å². The predicted molar refractivity (Wildman–Crippen MR) is 71.0 cm³/mol. The molecule has 1 aliphatic rings. The van der Waals surface area contributed by atoms with Crippen LogP contribution in [-0.2, 0) is 19.6 Å². The Balaban J connectivity index is 2.51. The molecule has 0 bridgehead atoms. The zero-order chi connectivity index (χ0) is 14.4. The fraction of sp³-hybridized carbons (Fsp3) is 0.917. The quantitative estimate of drug-likeness (QED) is 0.663. The zero-order valence-corrected chi connectivity index (χ0v) is 12.2. The van der Waals surface area contributed by atoms with Crippen LogP contribution >= 0.6 is 0 Å². The first kappa shape index (κ1) is 16.4. The van der Waals surface area contributed by atoms with Crippen molar-refractivity contribution >= 4 is 16.0 Å². The molecule has 6 nitrogen and oxygen atoms in total. The molecule has 0 amide bonds. The molecule has 0 spiro atoms. The molecule has 1 aliphatic carbocycles. The van der Waals surface area contributed by atoms with Crippen LogP contribution in [0.4, 0.5) is 0 Å². The van der Waals surface area contributed by atoms with Crippen molar-refractivity contribution in [1.29, 1.82) is 0 Å². The minimum Gasteiger partial charge on any atom is -0.465 e. The molecular weight excluding hydrogens is 270 g/mol. The first-order valence-corrected chi connectivity index (χ1v) is 8.32. The van der Waals surface area contributed by atoms with Crippen LogP contribution in [0.25, 0.3) is 0 Å². The Morgan fingerprint density at radius 1 is 1.32 bits per heavy atom. The number of aliphatic hydroxyl groups is 1. The Kier molecular flexibility index (Phi) is 6.22. The number of carbonyl (C=O) groups excluding carboxylic acids is 1. The molecule has 1 rings (SSSR count). The molecule has 0 aromatic rings. The number of esters is 1. The summed E-state index contributed by atoms with van der Waals surface area (Å²) in [6.07, 6.45) is 4.74. The predicted octanol–water partition coefficient (Wildman–Crippen LogP) is 0.412. The summed E-state index contributed by atoms with van der Waals surface area (Å²) in [5, 5.41) is 9.48. The van der Waals surface area contributed by atoms with Gasteiger partial charge in [-0.05, 0) is 19.8 Å². The smallest absolute Gasteiger partial charge is 0.322 e. The van der Waals surface area contributed by atoms with E-state index in [2.05, 4.69) is 9.46 Å². The lowest BCUT2D eigenvalue weighted by atomic mass is 9.75. The zero-order valence-electron chi connectivity index (χ0n) is 11.4. The Hall–Kier alpha value is -0.660. The summed E-state index contributed by atoms with van der Waals surface area (Å²) >= 11 is 0. The molecule has 0 heterocycles. The van der Waals surface area contributed by atoms with E-state index in [4.69, 9.17) is 0 Å². The molecule has 7 heteroatoms. The third-order valence-corrected chi connectivity index (χ3v) is 4.73. The van der Waals surface area contributed by atoms with Gasteiger partial charge in [0.15, 0.2) is 5.75 Å². The van der Waals surface area contributed by atoms with Gasteiger partial charge in [-0.25, -0.2) is 13.1 Å². The van der Waals surface area contributed by atoms with Crippen molar-refractivity contribution in [2.45, 2.75) is 39.0 Å². The number of sulfonamides is 1. The summed E-state index contributed by atoms with van der Waals surface area (Å²) in [7, 11) is -3.69. The van der Waals surface area contributed by atoms with Crippen molar-refractivity contribution in [3.63, 3.8) is 0 Å². The van der Waals surface area contributed by atoms with E-state index in [1.54, 1.807) is 6.92 Å². The maximum atomic E-state index is 11.7. The van der Waals surface area contributed by atoms with E-state index < -0.39 is 21.7 Å². The fourth-order valence-electron chi connectivity index (χ4n) is 2.36. The Morgan fingerprint density at radius 3 is 2.47 bits per heavy atom. The maximum absolute atomic E-state index is 11.7. The van der Waals surface area contributed by atoms with E-state index in [9.17, 15) is 18.3 Å². The molecule has 0 aromatic heterocycles. The van der Waals surface area contributed by atoms with Crippen molar-refractivity contribution in [1.82, 2.24) is 4.72 Å². The Morgan fingerprint density at radius 2 is 1.95 bits per heavy atom. The normalized spacial score (nSPS) is 19.1. The van der Waals surface area contributed by atoms with E-state index in [0.717, 1.165) is 32.1 Å². The molecular formula is C12H23NO5S. The standard InChI is InChI=1S/C12H23NO5S/c1-2-18-11(15)8-19(16,17)13-9-12(10-14)6-4-3-5-7-12/h13-14H,2-10H2,1H3. The van der Waals surface area contributed by atoms with Gasteiger partial charge in [0.2, 0.25) is 10.0 Å². The molecule has 2 N–H and O–H groups in total. The number of nitrogens with one attached hydrogen (secondary N) is 1. The summed E-state index contributed by atoms with van der Waals surface area (Å²) in [5.74, 6) is -1.42. The van der Waals surface area contributed by atoms with Crippen LogP contribution in [0.15, 0.2) is 0 Å². The molecule has 19 heavy (non-hydrogen) atoms. The number of carbonyl (C=O) groups is 1. The molecule has 0 atom stereocenters. The maximum Gasteiger partial charge on any atom is 0.322 e. The SMILES string of the molecule is CCOC(=O)CS(=O)(=O)NCC1(CO)CCCCC1. The summed E-state index contributed by atoms with van der Waals surface area (Å²) in [6, 6.07) is 0. The first-order chi connectivity index (χ1) is 8.93. The second-order valence-electron chi connectivity index (χ2n) is 5.10. The number of hydrogen-bond donors (Lipinski definition) is 2. The molecule has 0 radical (unpaired) electrons. The van der Waals surface area contributed by atoms with Crippen LogP contribution in [-0.4, -0.2) is 45.0 Å². The van der Waals surface area contributed by atoms with Crippen molar-refractivity contribution in [2.24, 2.45) is 5.41 Å². The van der Waals surface area contributed by atoms with Crippen molar-refractivity contribution in [3.8, 4) is 0 Å². The largest absolute Gasteiger partial charge is 0.465 e. The topological polar surface area (TPSA) is 92.7 Å². The van der Waals surface area contributed by atoms with Gasteiger partial charge in [0.25, 0.3) is 0 Å². The van der Waals surface area contributed by atoms with E-state index in [0.29, 0.717) is 0 Å². The second-order valence-corrected chi connectivity index (χ2v) is 6.91. The summed E-state index contributed by atoms with van der Waals surface area (Å²) < 4.78 is 30.5. The van der Waals surface area contributed by atoms with Gasteiger partial charge in [-0.2, -0.15) is 0 Å². The fourth-order valence-corrected chi connectivity index (χ4v) is 3.39. The molecule has 1 fully saturated rings. The molecule has 0 aliphatic heterocycles. The molecule has 0 unspecified atom stereocenters. The highest BCUT2D eigenvalue weighted by Gasteiger charge is 2.33. The minimum atomic E-state index is -3.69.